The molecule has 2 aromatic rings. The van der Waals surface area contributed by atoms with Gasteiger partial charge in [-0.1, -0.05) is 24.0 Å². The van der Waals surface area contributed by atoms with Crippen molar-refractivity contribution in [3.8, 4) is 23.0 Å². The number of halogens is 1. The Kier molecular flexibility index (Phi) is 5.23. The molecule has 25 heavy (non-hydrogen) atoms. The lowest BCUT2D eigenvalue weighted by Gasteiger charge is -2.14. The SMILES string of the molecule is N#CSC1=C(F)C=C(c2ccc(C#Cc3ccc(O)cc3)cc2)CC1. The van der Waals surface area contributed by atoms with Gasteiger partial charge in [0.05, 0.1) is 0 Å². The topological polar surface area (TPSA) is 44.0 Å². The molecular formula is C21H14FNOS. The van der Waals surface area contributed by atoms with Crippen LogP contribution in [0.4, 0.5) is 4.39 Å². The fourth-order valence-electron chi connectivity index (χ4n) is 2.51. The Labute approximate surface area is 150 Å². The second-order valence-electron chi connectivity index (χ2n) is 5.51. The molecule has 2 nitrogen and oxygen atoms in total. The molecule has 122 valence electrons. The maximum atomic E-state index is 14.0. The van der Waals surface area contributed by atoms with Gasteiger partial charge in [-0.15, -0.1) is 0 Å². The number of thioether (sulfide) groups is 1. The number of phenolic OH excluding ortho intramolecular Hbond substituents is 1. The second-order valence-corrected chi connectivity index (χ2v) is 6.39. The monoisotopic (exact) mass is 347 g/mol. The number of phenols is 1. The van der Waals surface area contributed by atoms with E-state index in [1.165, 1.54) is 6.08 Å². The predicted molar refractivity (Wildman–Crippen MR) is 99.1 cm³/mol. The summed E-state index contributed by atoms with van der Waals surface area (Å²) < 4.78 is 14.0. The van der Waals surface area contributed by atoms with Crippen molar-refractivity contribution in [1.29, 1.82) is 5.26 Å². The molecule has 0 radical (unpaired) electrons. The third-order valence-electron chi connectivity index (χ3n) is 3.83. The van der Waals surface area contributed by atoms with Crippen LogP contribution in [0.25, 0.3) is 5.57 Å². The highest BCUT2D eigenvalue weighted by Crippen LogP contribution is 2.36. The molecule has 0 saturated heterocycles. The minimum Gasteiger partial charge on any atom is -0.508 e. The molecule has 0 fully saturated rings. The maximum absolute atomic E-state index is 14.0. The highest BCUT2D eigenvalue weighted by Gasteiger charge is 2.15. The Bertz CT molecular complexity index is 939. The molecule has 0 heterocycles. The van der Waals surface area contributed by atoms with Gasteiger partial charge < -0.3 is 5.11 Å². The van der Waals surface area contributed by atoms with E-state index < -0.39 is 0 Å². The summed E-state index contributed by atoms with van der Waals surface area (Å²) in [6.45, 7) is 0. The third kappa shape index (κ3) is 4.32. The molecule has 1 aliphatic carbocycles. The van der Waals surface area contributed by atoms with E-state index in [9.17, 15) is 9.50 Å². The molecular weight excluding hydrogens is 333 g/mol. The third-order valence-corrected chi connectivity index (χ3v) is 4.57. The van der Waals surface area contributed by atoms with Crippen LogP contribution in [0, 0.1) is 22.5 Å². The number of nitriles is 1. The number of rotatable bonds is 2. The Morgan fingerprint density at radius 1 is 0.920 bits per heavy atom. The summed E-state index contributed by atoms with van der Waals surface area (Å²) >= 11 is 0.897. The van der Waals surface area contributed by atoms with E-state index in [-0.39, 0.29) is 11.6 Å². The van der Waals surface area contributed by atoms with Crippen molar-refractivity contribution in [2.45, 2.75) is 12.8 Å². The van der Waals surface area contributed by atoms with Crippen LogP contribution in [0.5, 0.6) is 5.75 Å². The molecule has 0 unspecified atom stereocenters. The van der Waals surface area contributed by atoms with Crippen LogP contribution in [0.2, 0.25) is 0 Å². The van der Waals surface area contributed by atoms with Gasteiger partial charge in [0.1, 0.15) is 17.0 Å². The van der Waals surface area contributed by atoms with Crippen molar-refractivity contribution in [3.05, 3.63) is 82.0 Å². The van der Waals surface area contributed by atoms with Crippen molar-refractivity contribution < 1.29 is 9.50 Å². The number of allylic oxidation sites excluding steroid dienone is 4. The van der Waals surface area contributed by atoms with E-state index in [0.717, 1.165) is 40.4 Å². The molecule has 0 saturated carbocycles. The number of hydrogen-bond donors (Lipinski definition) is 1. The molecule has 0 aliphatic heterocycles. The zero-order valence-electron chi connectivity index (χ0n) is 13.3. The Morgan fingerprint density at radius 3 is 2.08 bits per heavy atom. The summed E-state index contributed by atoms with van der Waals surface area (Å²) in [7, 11) is 0. The lowest BCUT2D eigenvalue weighted by molar-refractivity contribution is 0.475. The standard InChI is InChI=1S/C21H14FNOS/c22-20-13-18(9-12-21(20)25-14-23)17-7-3-15(4-8-17)1-2-16-5-10-19(24)11-6-16/h3-8,10-11,13,24H,9,12H2. The zero-order valence-corrected chi connectivity index (χ0v) is 14.1. The van der Waals surface area contributed by atoms with E-state index in [2.05, 4.69) is 11.8 Å². The van der Waals surface area contributed by atoms with Gasteiger partial charge in [0.15, 0.2) is 0 Å². The van der Waals surface area contributed by atoms with E-state index in [4.69, 9.17) is 5.26 Å². The van der Waals surface area contributed by atoms with Crippen molar-refractivity contribution in [2.24, 2.45) is 0 Å². The maximum Gasteiger partial charge on any atom is 0.138 e. The molecule has 0 spiro atoms. The normalized spacial score (nSPS) is 13.5. The summed E-state index contributed by atoms with van der Waals surface area (Å²) in [6, 6.07) is 14.4. The van der Waals surface area contributed by atoms with Gasteiger partial charge in [-0.3, -0.25) is 0 Å². The molecule has 0 bridgehead atoms. The first-order valence-electron chi connectivity index (χ1n) is 7.72. The Hall–Kier alpha value is -2.95. The van der Waals surface area contributed by atoms with E-state index in [0.29, 0.717) is 11.3 Å². The van der Waals surface area contributed by atoms with Gasteiger partial charge in [0.2, 0.25) is 0 Å². The molecule has 0 amide bonds. The molecule has 0 aromatic heterocycles. The fraction of sp³-hybridized carbons (Fsp3) is 0.0952. The van der Waals surface area contributed by atoms with Crippen LogP contribution >= 0.6 is 11.8 Å². The van der Waals surface area contributed by atoms with Crippen LogP contribution in [0.15, 0.2) is 65.3 Å². The van der Waals surface area contributed by atoms with Crippen molar-refractivity contribution >= 4 is 17.3 Å². The summed E-state index contributed by atoms with van der Waals surface area (Å²) in [4.78, 5) is 0.502. The average molecular weight is 347 g/mol. The van der Waals surface area contributed by atoms with Gasteiger partial charge >= 0.3 is 0 Å². The van der Waals surface area contributed by atoms with Crippen LogP contribution < -0.4 is 0 Å². The van der Waals surface area contributed by atoms with Crippen LogP contribution in [-0.2, 0) is 0 Å². The second kappa shape index (κ2) is 7.75. The smallest absolute Gasteiger partial charge is 0.138 e. The number of thiocyanates is 1. The fourth-order valence-corrected chi connectivity index (χ4v) is 2.98. The minimum absolute atomic E-state index is 0.216. The van der Waals surface area contributed by atoms with Gasteiger partial charge in [0, 0.05) is 16.0 Å². The lowest BCUT2D eigenvalue weighted by atomic mass is 9.96. The predicted octanol–water partition coefficient (Wildman–Crippen LogP) is 5.36. The molecule has 0 atom stereocenters. The van der Waals surface area contributed by atoms with E-state index in [1.807, 2.05) is 29.7 Å². The number of hydrogen-bond acceptors (Lipinski definition) is 3. The summed E-state index contributed by atoms with van der Waals surface area (Å²) in [5.74, 6) is 6.01. The van der Waals surface area contributed by atoms with Crippen LogP contribution in [-0.4, -0.2) is 5.11 Å². The van der Waals surface area contributed by atoms with Gasteiger partial charge in [-0.25, -0.2) is 4.39 Å². The number of nitrogens with zero attached hydrogens (tertiary/aromatic N) is 1. The van der Waals surface area contributed by atoms with Crippen molar-refractivity contribution in [1.82, 2.24) is 0 Å². The first-order valence-corrected chi connectivity index (χ1v) is 8.54. The quantitative estimate of drug-likeness (QED) is 0.587. The van der Waals surface area contributed by atoms with Gasteiger partial charge in [0.25, 0.3) is 0 Å². The molecule has 2 aromatic carbocycles. The largest absolute Gasteiger partial charge is 0.508 e. The number of aromatic hydroxyl groups is 1. The summed E-state index contributed by atoms with van der Waals surface area (Å²) in [5, 5.41) is 19.8. The van der Waals surface area contributed by atoms with Crippen molar-refractivity contribution in [3.63, 3.8) is 0 Å². The Morgan fingerprint density at radius 2 is 1.52 bits per heavy atom. The molecule has 3 rings (SSSR count). The van der Waals surface area contributed by atoms with Crippen LogP contribution in [0.3, 0.4) is 0 Å². The zero-order chi connectivity index (χ0) is 17.6. The van der Waals surface area contributed by atoms with E-state index in [1.54, 1.807) is 24.3 Å². The minimum atomic E-state index is -0.316. The molecule has 4 heteroatoms. The molecule has 1 aliphatic rings. The first kappa shape index (κ1) is 16.9. The Balaban J connectivity index is 1.76. The van der Waals surface area contributed by atoms with Crippen LogP contribution in [0.1, 0.15) is 29.5 Å². The first-order chi connectivity index (χ1) is 12.2. The summed E-state index contributed by atoms with van der Waals surface area (Å²) in [5.41, 5.74) is 3.58. The highest BCUT2D eigenvalue weighted by atomic mass is 32.2. The summed E-state index contributed by atoms with van der Waals surface area (Å²) in [6.07, 6.45) is 2.79. The average Bonchev–Trinajstić information content (AvgIpc) is 2.63. The lowest BCUT2D eigenvalue weighted by Crippen LogP contribution is -1.94. The van der Waals surface area contributed by atoms with Gasteiger partial charge in [-0.2, -0.15) is 5.26 Å². The highest BCUT2D eigenvalue weighted by molar-refractivity contribution is 8.07. The van der Waals surface area contributed by atoms with Crippen molar-refractivity contribution in [2.75, 3.05) is 0 Å². The molecule has 1 N–H and O–H groups in total. The number of benzene rings is 2. The van der Waals surface area contributed by atoms with E-state index >= 15 is 0 Å². The van der Waals surface area contributed by atoms with Gasteiger partial charge in [-0.05, 0) is 78.2 Å².